The number of rotatable bonds is 7. The number of aliphatic hydroxyl groups is 1. The highest BCUT2D eigenvalue weighted by Crippen LogP contribution is 2.44. The summed E-state index contributed by atoms with van der Waals surface area (Å²) in [7, 11) is 1.49. The number of benzene rings is 3. The first-order chi connectivity index (χ1) is 18.4. The van der Waals surface area contributed by atoms with Crippen molar-refractivity contribution in [2.24, 2.45) is 0 Å². The quantitative estimate of drug-likeness (QED) is 0.103. The second-order valence-electron chi connectivity index (χ2n) is 8.22. The molecule has 192 valence electrons. The van der Waals surface area contributed by atoms with Gasteiger partial charge in [0.25, 0.3) is 5.78 Å². The summed E-state index contributed by atoms with van der Waals surface area (Å²) in [6, 6.07) is 16.8. The average molecular weight is 552 g/mol. The molecule has 1 fully saturated rings. The molecule has 1 unspecified atom stereocenters. The molecule has 7 nitrogen and oxygen atoms in total. The summed E-state index contributed by atoms with van der Waals surface area (Å²) >= 11 is 2.46. The first kappa shape index (κ1) is 25.6. The minimum Gasteiger partial charge on any atom is -0.507 e. The van der Waals surface area contributed by atoms with E-state index in [9.17, 15) is 23.5 Å². The van der Waals surface area contributed by atoms with Crippen LogP contribution in [0.5, 0.6) is 5.75 Å². The van der Waals surface area contributed by atoms with Gasteiger partial charge < -0.3 is 9.84 Å². The number of hydrogen-bond acceptors (Lipinski definition) is 8. The highest BCUT2D eigenvalue weighted by Gasteiger charge is 2.48. The van der Waals surface area contributed by atoms with E-state index in [1.807, 2.05) is 0 Å². The molecule has 1 saturated heterocycles. The van der Waals surface area contributed by atoms with Crippen molar-refractivity contribution < 1.29 is 28.2 Å². The van der Waals surface area contributed by atoms with Gasteiger partial charge in [0, 0.05) is 11.3 Å². The van der Waals surface area contributed by atoms with Crippen LogP contribution in [0.25, 0.3) is 5.76 Å². The molecule has 0 bridgehead atoms. The smallest absolute Gasteiger partial charge is 0.301 e. The molecule has 1 amide bonds. The van der Waals surface area contributed by atoms with Crippen molar-refractivity contribution in [1.82, 2.24) is 10.2 Å². The normalized spacial score (nSPS) is 16.7. The lowest BCUT2D eigenvalue weighted by Crippen LogP contribution is -2.29. The second-order valence-corrected chi connectivity index (χ2v) is 10.4. The van der Waals surface area contributed by atoms with E-state index < -0.39 is 29.3 Å². The first-order valence-electron chi connectivity index (χ1n) is 11.3. The Balaban J connectivity index is 1.54. The lowest BCUT2D eigenvalue weighted by Gasteiger charge is -2.22. The molecule has 0 aliphatic carbocycles. The van der Waals surface area contributed by atoms with Crippen molar-refractivity contribution in [1.29, 1.82) is 0 Å². The van der Waals surface area contributed by atoms with Gasteiger partial charge >= 0.3 is 5.91 Å². The number of amides is 1. The maximum Gasteiger partial charge on any atom is 0.301 e. The van der Waals surface area contributed by atoms with Gasteiger partial charge in [-0.1, -0.05) is 47.4 Å². The second kappa shape index (κ2) is 10.7. The van der Waals surface area contributed by atoms with Crippen LogP contribution in [-0.4, -0.2) is 34.1 Å². The number of thioether (sulfide) groups is 1. The van der Waals surface area contributed by atoms with E-state index in [-0.39, 0.29) is 22.1 Å². The molecule has 5 rings (SSSR count). The zero-order chi connectivity index (χ0) is 26.8. The van der Waals surface area contributed by atoms with Gasteiger partial charge in [-0.15, -0.1) is 10.2 Å². The van der Waals surface area contributed by atoms with Crippen LogP contribution < -0.4 is 9.64 Å². The van der Waals surface area contributed by atoms with Crippen LogP contribution >= 0.6 is 23.1 Å². The highest BCUT2D eigenvalue weighted by atomic mass is 32.2. The van der Waals surface area contributed by atoms with E-state index in [1.54, 1.807) is 36.4 Å². The van der Waals surface area contributed by atoms with Crippen molar-refractivity contribution in [3.8, 4) is 5.75 Å². The van der Waals surface area contributed by atoms with Gasteiger partial charge in [-0.05, 0) is 59.7 Å². The maximum absolute atomic E-state index is 13.5. The van der Waals surface area contributed by atoms with Crippen LogP contribution in [0.3, 0.4) is 0 Å². The summed E-state index contributed by atoms with van der Waals surface area (Å²) in [6.07, 6.45) is 0. The van der Waals surface area contributed by atoms with Crippen molar-refractivity contribution in [3.63, 3.8) is 0 Å². The monoisotopic (exact) mass is 551 g/mol. The molecule has 4 aromatic rings. The van der Waals surface area contributed by atoms with E-state index in [4.69, 9.17) is 4.74 Å². The minimum atomic E-state index is -1.03. The van der Waals surface area contributed by atoms with Gasteiger partial charge in [0.1, 0.15) is 23.1 Å². The molecule has 3 aromatic carbocycles. The standard InChI is InChI=1S/C27H19F2N3O4S2/c1-36-20-4-2-3-17(13-20)22-21(23(33)16-7-11-19(29)12-8-16)24(34)25(35)32(22)26-30-31-27(38-26)37-14-15-5-9-18(28)10-6-15/h2-13,22,33H,14H2,1H3/b23-21-. The molecule has 1 N–H and O–H groups in total. The fourth-order valence-electron chi connectivity index (χ4n) is 4.00. The third-order valence-corrected chi connectivity index (χ3v) is 7.98. The number of Topliss-reactive ketones (excluding diaryl/α,β-unsaturated/α-hetero) is 1. The number of hydrogen-bond donors (Lipinski definition) is 1. The lowest BCUT2D eigenvalue weighted by atomic mass is 9.95. The van der Waals surface area contributed by atoms with E-state index in [0.29, 0.717) is 21.4 Å². The number of carbonyl (C=O) groups excluding carboxylic acids is 2. The van der Waals surface area contributed by atoms with Gasteiger partial charge in [-0.2, -0.15) is 0 Å². The molecule has 2 heterocycles. The number of methoxy groups -OCH3 is 1. The fourth-order valence-corrected chi connectivity index (χ4v) is 5.83. The van der Waals surface area contributed by atoms with Gasteiger partial charge in [-0.3, -0.25) is 14.5 Å². The van der Waals surface area contributed by atoms with Gasteiger partial charge in [0.05, 0.1) is 18.7 Å². The molecule has 1 aliphatic rings. The van der Waals surface area contributed by atoms with Crippen molar-refractivity contribution in [2.45, 2.75) is 16.1 Å². The number of nitrogens with zero attached hydrogens (tertiary/aromatic N) is 3. The van der Waals surface area contributed by atoms with Crippen molar-refractivity contribution in [2.75, 3.05) is 12.0 Å². The number of ether oxygens (including phenoxy) is 1. The van der Waals surface area contributed by atoms with Crippen LogP contribution in [0.4, 0.5) is 13.9 Å². The Hall–Kier alpha value is -4.09. The molecular weight excluding hydrogens is 532 g/mol. The average Bonchev–Trinajstić information content (AvgIpc) is 3.50. The Kier molecular flexibility index (Phi) is 7.21. The Bertz CT molecular complexity index is 1540. The van der Waals surface area contributed by atoms with Crippen LogP contribution in [0.15, 0.2) is 82.7 Å². The molecule has 0 radical (unpaired) electrons. The van der Waals surface area contributed by atoms with E-state index in [2.05, 4.69) is 10.2 Å². The van der Waals surface area contributed by atoms with E-state index in [1.165, 1.54) is 48.0 Å². The first-order valence-corrected chi connectivity index (χ1v) is 13.1. The van der Waals surface area contributed by atoms with Crippen LogP contribution in [0, 0.1) is 11.6 Å². The SMILES string of the molecule is COc1cccc(C2/C(=C(/O)c3ccc(F)cc3)C(=O)C(=O)N2c2nnc(SCc3ccc(F)cc3)s2)c1. The topological polar surface area (TPSA) is 92.6 Å². The molecule has 1 aromatic heterocycles. The number of ketones is 1. The Morgan fingerprint density at radius 1 is 1.03 bits per heavy atom. The maximum atomic E-state index is 13.5. The van der Waals surface area contributed by atoms with Gasteiger partial charge in [0.15, 0.2) is 4.34 Å². The van der Waals surface area contributed by atoms with E-state index in [0.717, 1.165) is 29.0 Å². The summed E-state index contributed by atoms with van der Waals surface area (Å²) in [5.74, 6) is -2.08. The van der Waals surface area contributed by atoms with Crippen molar-refractivity contribution >= 4 is 45.7 Å². The Labute approximate surface area is 224 Å². The molecule has 1 atom stereocenters. The number of carbonyl (C=O) groups is 2. The van der Waals surface area contributed by atoms with Gasteiger partial charge in [-0.25, -0.2) is 8.78 Å². The zero-order valence-corrected chi connectivity index (χ0v) is 21.4. The summed E-state index contributed by atoms with van der Waals surface area (Å²) in [6.45, 7) is 0. The molecule has 38 heavy (non-hydrogen) atoms. The fraction of sp³-hybridized carbons (Fsp3) is 0.111. The third kappa shape index (κ3) is 5.02. The summed E-state index contributed by atoms with van der Waals surface area (Å²) in [5.41, 5.74) is 1.41. The molecule has 11 heteroatoms. The van der Waals surface area contributed by atoms with Gasteiger partial charge in [0.2, 0.25) is 5.13 Å². The molecular formula is C27H19F2N3O4S2. The Morgan fingerprint density at radius 2 is 1.71 bits per heavy atom. The number of halogens is 2. The van der Waals surface area contributed by atoms with Crippen LogP contribution in [0.1, 0.15) is 22.7 Å². The molecule has 1 aliphatic heterocycles. The summed E-state index contributed by atoms with van der Waals surface area (Å²) in [5, 5.41) is 19.6. The predicted molar refractivity (Wildman–Crippen MR) is 140 cm³/mol. The Morgan fingerprint density at radius 3 is 2.39 bits per heavy atom. The van der Waals surface area contributed by atoms with Crippen LogP contribution in [-0.2, 0) is 15.3 Å². The predicted octanol–water partition coefficient (Wildman–Crippen LogP) is 5.74. The number of aromatic nitrogens is 2. The van der Waals surface area contributed by atoms with Crippen LogP contribution in [0.2, 0.25) is 0 Å². The summed E-state index contributed by atoms with van der Waals surface area (Å²) in [4.78, 5) is 27.8. The van der Waals surface area contributed by atoms with E-state index >= 15 is 0 Å². The molecule has 0 saturated carbocycles. The van der Waals surface area contributed by atoms with Crippen molar-refractivity contribution in [3.05, 3.63) is 107 Å². The lowest BCUT2D eigenvalue weighted by molar-refractivity contribution is -0.132. The zero-order valence-electron chi connectivity index (χ0n) is 19.8. The third-order valence-electron chi connectivity index (χ3n) is 5.85. The highest BCUT2D eigenvalue weighted by molar-refractivity contribution is 8.00. The summed E-state index contributed by atoms with van der Waals surface area (Å²) < 4.78 is 32.6. The number of anilines is 1. The molecule has 0 spiro atoms. The minimum absolute atomic E-state index is 0.162. The number of aliphatic hydroxyl groups excluding tert-OH is 1. The largest absolute Gasteiger partial charge is 0.507 e.